The molecule has 1 amide bonds. The van der Waals surface area contributed by atoms with E-state index >= 15 is 0 Å². The number of benzene rings is 2. The normalized spacial score (nSPS) is 11.8. The van der Waals surface area contributed by atoms with Crippen molar-refractivity contribution in [2.45, 2.75) is 12.7 Å². The summed E-state index contributed by atoms with van der Waals surface area (Å²) in [7, 11) is 3.33. The second-order valence-corrected chi connectivity index (χ2v) is 7.19. The first-order valence-electron chi connectivity index (χ1n) is 9.45. The van der Waals surface area contributed by atoms with Gasteiger partial charge in [-0.25, -0.2) is 4.68 Å². The number of hydrogen-bond acceptors (Lipinski definition) is 2. The van der Waals surface area contributed by atoms with Crippen molar-refractivity contribution in [2.24, 2.45) is 14.1 Å². The fraction of sp³-hybridized carbons (Fsp3) is 0.182. The zero-order chi connectivity index (χ0) is 22.3. The Labute approximate surface area is 175 Å². The smallest absolute Gasteiger partial charge is 0.345 e. The zero-order valence-corrected chi connectivity index (χ0v) is 16.8. The number of aromatic nitrogens is 3. The molecule has 1 N–H and O–H groups in total. The number of fused-ring (bicyclic) bond motifs is 1. The van der Waals surface area contributed by atoms with Crippen molar-refractivity contribution in [3.8, 4) is 5.69 Å². The lowest BCUT2D eigenvalue weighted by molar-refractivity contribution is -0.137. The third kappa shape index (κ3) is 3.74. The van der Waals surface area contributed by atoms with Crippen LogP contribution in [0.4, 0.5) is 13.2 Å². The monoisotopic (exact) mass is 428 g/mol. The van der Waals surface area contributed by atoms with Crippen molar-refractivity contribution in [2.75, 3.05) is 0 Å². The van der Waals surface area contributed by atoms with Gasteiger partial charge in [-0.15, -0.1) is 0 Å². The topological polar surface area (TPSA) is 61.0 Å². The lowest BCUT2D eigenvalue weighted by Gasteiger charge is -2.11. The first kappa shape index (κ1) is 20.5. The third-order valence-electron chi connectivity index (χ3n) is 5.25. The Kier molecular flexibility index (Phi) is 4.96. The Morgan fingerprint density at radius 2 is 1.71 bits per heavy atom. The van der Waals surface area contributed by atoms with Gasteiger partial charge in [0.1, 0.15) is 5.69 Å². The lowest BCUT2D eigenvalue weighted by Crippen LogP contribution is -2.26. The van der Waals surface area contributed by atoms with Crippen LogP contribution in [0.15, 0.2) is 65.5 Å². The van der Waals surface area contributed by atoms with Crippen LogP contribution in [0.5, 0.6) is 0 Å². The molecular weight excluding hydrogens is 409 g/mol. The van der Waals surface area contributed by atoms with E-state index in [1.807, 2.05) is 18.2 Å². The van der Waals surface area contributed by atoms with Gasteiger partial charge in [0.25, 0.3) is 11.5 Å². The standard InChI is InChI=1S/C22H19F3N4O2/c1-27-18-9-8-15(22(23,24)25)10-14(18)11-19(27)21(31)26-13-17-12-20(30)29(28(17)2)16-6-4-3-5-7-16/h3-12H,13H2,1-2H3,(H,26,31). The highest BCUT2D eigenvalue weighted by atomic mass is 19.4. The highest BCUT2D eigenvalue weighted by Crippen LogP contribution is 2.32. The molecule has 2 aromatic carbocycles. The van der Waals surface area contributed by atoms with Crippen molar-refractivity contribution < 1.29 is 18.0 Å². The summed E-state index contributed by atoms with van der Waals surface area (Å²) in [5.41, 5.74) is 1.02. The van der Waals surface area contributed by atoms with E-state index < -0.39 is 17.6 Å². The van der Waals surface area contributed by atoms with Crippen LogP contribution in [0.1, 0.15) is 21.7 Å². The predicted octanol–water partition coefficient (Wildman–Crippen LogP) is 3.62. The molecule has 0 fully saturated rings. The Morgan fingerprint density at radius 1 is 1.00 bits per heavy atom. The number of aryl methyl sites for hydroxylation is 1. The Morgan fingerprint density at radius 3 is 2.39 bits per heavy atom. The van der Waals surface area contributed by atoms with Gasteiger partial charge in [-0.1, -0.05) is 18.2 Å². The molecule has 6 nitrogen and oxygen atoms in total. The summed E-state index contributed by atoms with van der Waals surface area (Å²) in [6, 6.07) is 15.3. The first-order chi connectivity index (χ1) is 14.7. The number of halogens is 3. The van der Waals surface area contributed by atoms with Gasteiger partial charge in [-0.05, 0) is 36.4 Å². The van der Waals surface area contributed by atoms with Crippen LogP contribution in [-0.2, 0) is 26.8 Å². The molecule has 160 valence electrons. The Hall–Kier alpha value is -3.75. The maximum absolute atomic E-state index is 13.0. The number of carbonyl (C=O) groups is 1. The molecule has 0 radical (unpaired) electrons. The van der Waals surface area contributed by atoms with Crippen LogP contribution in [-0.4, -0.2) is 19.8 Å². The van der Waals surface area contributed by atoms with Crippen LogP contribution >= 0.6 is 0 Å². The van der Waals surface area contributed by atoms with Crippen molar-refractivity contribution in [3.63, 3.8) is 0 Å². The van der Waals surface area contributed by atoms with E-state index in [1.165, 1.54) is 22.9 Å². The average Bonchev–Trinajstić information content (AvgIpc) is 3.21. The molecule has 2 aromatic heterocycles. The minimum absolute atomic E-state index is 0.0831. The second-order valence-electron chi connectivity index (χ2n) is 7.19. The molecule has 31 heavy (non-hydrogen) atoms. The summed E-state index contributed by atoms with van der Waals surface area (Å²) in [5, 5.41) is 3.06. The molecule has 4 rings (SSSR count). The van der Waals surface area contributed by atoms with E-state index in [1.54, 1.807) is 35.5 Å². The number of nitrogens with one attached hydrogen (secondary N) is 1. The number of para-hydroxylation sites is 1. The first-order valence-corrected chi connectivity index (χ1v) is 9.45. The van der Waals surface area contributed by atoms with Gasteiger partial charge in [0, 0.05) is 31.1 Å². The molecular formula is C22H19F3N4O2. The molecule has 0 atom stereocenters. The van der Waals surface area contributed by atoms with Gasteiger partial charge in [0.05, 0.1) is 23.5 Å². The number of alkyl halides is 3. The lowest BCUT2D eigenvalue weighted by atomic mass is 10.1. The molecule has 0 spiro atoms. The number of rotatable bonds is 4. The van der Waals surface area contributed by atoms with E-state index in [4.69, 9.17) is 0 Å². The van der Waals surface area contributed by atoms with E-state index in [0.717, 1.165) is 12.1 Å². The van der Waals surface area contributed by atoms with Gasteiger partial charge in [-0.3, -0.25) is 14.3 Å². The maximum atomic E-state index is 13.0. The van der Waals surface area contributed by atoms with E-state index in [9.17, 15) is 22.8 Å². The highest BCUT2D eigenvalue weighted by molar-refractivity contribution is 5.98. The van der Waals surface area contributed by atoms with Gasteiger partial charge >= 0.3 is 6.18 Å². The van der Waals surface area contributed by atoms with Crippen LogP contribution < -0.4 is 10.9 Å². The van der Waals surface area contributed by atoms with Gasteiger partial charge in [-0.2, -0.15) is 13.2 Å². The van der Waals surface area contributed by atoms with E-state index in [-0.39, 0.29) is 17.8 Å². The van der Waals surface area contributed by atoms with Gasteiger partial charge in [0.2, 0.25) is 0 Å². The van der Waals surface area contributed by atoms with Crippen LogP contribution in [0.25, 0.3) is 16.6 Å². The summed E-state index contributed by atoms with van der Waals surface area (Å²) in [6.45, 7) is 0.0831. The summed E-state index contributed by atoms with van der Waals surface area (Å²) < 4.78 is 43.6. The van der Waals surface area contributed by atoms with Crippen molar-refractivity contribution in [1.82, 2.24) is 19.2 Å². The molecule has 9 heteroatoms. The molecule has 4 aromatic rings. The van der Waals surface area contributed by atoms with Gasteiger partial charge < -0.3 is 9.88 Å². The molecule has 0 saturated carbocycles. The SMILES string of the molecule is Cn1c(C(=O)NCc2cc(=O)n(-c3ccccc3)n2C)cc2cc(C(F)(F)F)ccc21. The molecule has 0 saturated heterocycles. The van der Waals surface area contributed by atoms with E-state index in [2.05, 4.69) is 5.32 Å². The molecule has 2 heterocycles. The molecule has 0 aliphatic rings. The zero-order valence-electron chi connectivity index (χ0n) is 16.8. The van der Waals surface area contributed by atoms with E-state index in [0.29, 0.717) is 22.3 Å². The van der Waals surface area contributed by atoms with Crippen molar-refractivity contribution >= 4 is 16.8 Å². The summed E-state index contributed by atoms with van der Waals surface area (Å²) in [4.78, 5) is 25.1. The highest BCUT2D eigenvalue weighted by Gasteiger charge is 2.31. The second kappa shape index (κ2) is 7.50. The fourth-order valence-corrected chi connectivity index (χ4v) is 3.61. The van der Waals surface area contributed by atoms with Gasteiger partial charge in [0.15, 0.2) is 0 Å². The van der Waals surface area contributed by atoms with Crippen LogP contribution in [0.3, 0.4) is 0 Å². The molecule has 0 unspecified atom stereocenters. The molecule has 0 aliphatic carbocycles. The van der Waals surface area contributed by atoms with Crippen LogP contribution in [0.2, 0.25) is 0 Å². The molecule has 0 aliphatic heterocycles. The summed E-state index contributed by atoms with van der Waals surface area (Å²) in [6.07, 6.45) is -4.46. The Bertz CT molecular complexity index is 1330. The minimum Gasteiger partial charge on any atom is -0.345 e. The third-order valence-corrected chi connectivity index (χ3v) is 5.25. The quantitative estimate of drug-likeness (QED) is 0.540. The minimum atomic E-state index is -4.46. The van der Waals surface area contributed by atoms with Crippen molar-refractivity contribution in [3.05, 3.63) is 88.0 Å². The summed E-state index contributed by atoms with van der Waals surface area (Å²) >= 11 is 0. The van der Waals surface area contributed by atoms with Crippen molar-refractivity contribution in [1.29, 1.82) is 0 Å². The largest absolute Gasteiger partial charge is 0.416 e. The van der Waals surface area contributed by atoms with Crippen LogP contribution in [0, 0.1) is 0 Å². The maximum Gasteiger partial charge on any atom is 0.416 e. The Balaban J connectivity index is 1.58. The summed E-state index contributed by atoms with van der Waals surface area (Å²) in [5.74, 6) is -0.452. The number of amides is 1. The number of hydrogen-bond donors (Lipinski definition) is 1. The molecule has 0 bridgehead atoms. The number of nitrogens with zero attached hydrogens (tertiary/aromatic N) is 3. The number of carbonyl (C=O) groups excluding carboxylic acids is 1. The average molecular weight is 428 g/mol. The fourth-order valence-electron chi connectivity index (χ4n) is 3.61. The predicted molar refractivity (Wildman–Crippen MR) is 110 cm³/mol.